The quantitative estimate of drug-likeness (QED) is 0.660. The van der Waals surface area contributed by atoms with E-state index in [0.29, 0.717) is 17.7 Å². The van der Waals surface area contributed by atoms with Crippen LogP contribution in [0.15, 0.2) is 0 Å². The number of nitrogens with zero attached hydrogens (tertiary/aromatic N) is 2. The molecule has 0 bridgehead atoms. The minimum Gasteiger partial charge on any atom is -0.304 e. The summed E-state index contributed by atoms with van der Waals surface area (Å²) in [6.07, 6.45) is 3.08. The van der Waals surface area contributed by atoms with Gasteiger partial charge in [0.25, 0.3) is 0 Å². The second-order valence-corrected chi connectivity index (χ2v) is 4.89. The van der Waals surface area contributed by atoms with Gasteiger partial charge in [-0.1, -0.05) is 0 Å². The molecule has 0 spiro atoms. The number of hydrogen-bond donors (Lipinski definition) is 0. The fourth-order valence-corrected chi connectivity index (χ4v) is 2.41. The summed E-state index contributed by atoms with van der Waals surface area (Å²) in [7, 11) is 4.26. The van der Waals surface area contributed by atoms with E-state index in [-0.39, 0.29) is 0 Å². The van der Waals surface area contributed by atoms with Crippen molar-refractivity contribution in [3.05, 3.63) is 0 Å². The molecule has 2 fully saturated rings. The molecule has 1 saturated carbocycles. The maximum absolute atomic E-state index is 11.4. The molecule has 1 saturated heterocycles. The van der Waals surface area contributed by atoms with Gasteiger partial charge in [-0.15, -0.1) is 0 Å². The van der Waals surface area contributed by atoms with Crippen molar-refractivity contribution in [1.29, 1.82) is 0 Å². The van der Waals surface area contributed by atoms with Gasteiger partial charge >= 0.3 is 0 Å². The number of likely N-dealkylation sites (N-methyl/N-ethyl adjacent to an activating group) is 1. The summed E-state index contributed by atoms with van der Waals surface area (Å²) in [6, 6.07) is 0.714. The van der Waals surface area contributed by atoms with Crippen LogP contribution in [0, 0.1) is 5.92 Å². The third kappa shape index (κ3) is 1.98. The van der Waals surface area contributed by atoms with Crippen LogP contribution in [0.4, 0.5) is 0 Å². The molecule has 0 N–H and O–H groups in total. The van der Waals surface area contributed by atoms with Gasteiger partial charge in [-0.3, -0.25) is 9.69 Å². The summed E-state index contributed by atoms with van der Waals surface area (Å²) in [4.78, 5) is 16.1. The number of Topliss-reactive ketones (excluding diaryl/α,β-unsaturated/α-hetero) is 1. The topological polar surface area (TPSA) is 23.6 Å². The third-order valence-electron chi connectivity index (χ3n) is 3.58. The monoisotopic (exact) mass is 196 g/mol. The molecule has 1 aliphatic heterocycles. The number of likely N-dealkylation sites (tertiary alicyclic amines) is 1. The zero-order valence-electron chi connectivity index (χ0n) is 9.20. The van der Waals surface area contributed by atoms with Gasteiger partial charge in [-0.25, -0.2) is 0 Å². The first kappa shape index (κ1) is 10.1. The van der Waals surface area contributed by atoms with Crippen LogP contribution in [0.25, 0.3) is 0 Å². The van der Waals surface area contributed by atoms with Crippen LogP contribution in [0.3, 0.4) is 0 Å². The Morgan fingerprint density at radius 3 is 2.64 bits per heavy atom. The van der Waals surface area contributed by atoms with E-state index < -0.39 is 0 Å². The summed E-state index contributed by atoms with van der Waals surface area (Å²) in [5, 5.41) is 0. The van der Waals surface area contributed by atoms with Crippen LogP contribution >= 0.6 is 0 Å². The Labute approximate surface area is 86.1 Å². The van der Waals surface area contributed by atoms with Crippen molar-refractivity contribution in [2.45, 2.75) is 25.3 Å². The molecule has 0 amide bonds. The fourth-order valence-electron chi connectivity index (χ4n) is 2.41. The van der Waals surface area contributed by atoms with Gasteiger partial charge in [0.15, 0.2) is 0 Å². The maximum atomic E-state index is 11.4. The summed E-state index contributed by atoms with van der Waals surface area (Å²) < 4.78 is 0. The SMILES string of the molecule is CN(C)C1CN(CC2CCCC2=O)C1. The molecule has 3 heteroatoms. The lowest BCUT2D eigenvalue weighted by Crippen LogP contribution is -2.58. The Morgan fingerprint density at radius 2 is 2.14 bits per heavy atom. The molecular formula is C11H20N2O. The lowest BCUT2D eigenvalue weighted by molar-refractivity contribution is -0.121. The number of hydrogen-bond acceptors (Lipinski definition) is 3. The Bertz CT molecular complexity index is 221. The number of carbonyl (C=O) groups is 1. The van der Waals surface area contributed by atoms with Gasteiger partial charge in [0, 0.05) is 38.0 Å². The van der Waals surface area contributed by atoms with E-state index in [1.54, 1.807) is 0 Å². The molecule has 14 heavy (non-hydrogen) atoms. The van der Waals surface area contributed by atoms with Crippen LogP contribution in [0.5, 0.6) is 0 Å². The van der Waals surface area contributed by atoms with E-state index in [9.17, 15) is 4.79 Å². The van der Waals surface area contributed by atoms with Crippen molar-refractivity contribution in [3.63, 3.8) is 0 Å². The Hall–Kier alpha value is -0.410. The zero-order valence-corrected chi connectivity index (χ0v) is 9.20. The van der Waals surface area contributed by atoms with E-state index in [1.807, 2.05) is 0 Å². The molecule has 3 nitrogen and oxygen atoms in total. The highest BCUT2D eigenvalue weighted by Crippen LogP contribution is 2.24. The molecule has 1 atom stereocenters. The second-order valence-electron chi connectivity index (χ2n) is 4.89. The van der Waals surface area contributed by atoms with Crippen molar-refractivity contribution in [2.24, 2.45) is 5.92 Å². The minimum atomic E-state index is 0.359. The largest absolute Gasteiger partial charge is 0.304 e. The summed E-state index contributed by atoms with van der Waals surface area (Å²) in [5.74, 6) is 0.858. The molecule has 2 aliphatic rings. The average molecular weight is 196 g/mol. The van der Waals surface area contributed by atoms with Gasteiger partial charge in [-0.05, 0) is 26.9 Å². The highest BCUT2D eigenvalue weighted by molar-refractivity contribution is 5.83. The van der Waals surface area contributed by atoms with Gasteiger partial charge in [-0.2, -0.15) is 0 Å². The van der Waals surface area contributed by atoms with Gasteiger partial charge in [0.2, 0.25) is 0 Å². The Morgan fingerprint density at radius 1 is 1.43 bits per heavy atom. The van der Waals surface area contributed by atoms with E-state index in [0.717, 1.165) is 38.9 Å². The number of ketones is 1. The summed E-state index contributed by atoms with van der Waals surface area (Å²) >= 11 is 0. The molecule has 0 aromatic rings. The minimum absolute atomic E-state index is 0.359. The normalized spacial score (nSPS) is 29.9. The van der Waals surface area contributed by atoms with Crippen LogP contribution in [-0.2, 0) is 4.79 Å². The van der Waals surface area contributed by atoms with E-state index in [2.05, 4.69) is 23.9 Å². The van der Waals surface area contributed by atoms with Crippen molar-refractivity contribution in [2.75, 3.05) is 33.7 Å². The first-order chi connectivity index (χ1) is 6.66. The predicted molar refractivity (Wildman–Crippen MR) is 56.3 cm³/mol. The van der Waals surface area contributed by atoms with Crippen LogP contribution in [0.1, 0.15) is 19.3 Å². The Balaban J connectivity index is 1.71. The lowest BCUT2D eigenvalue weighted by atomic mass is 10.0. The number of carbonyl (C=O) groups excluding carboxylic acids is 1. The van der Waals surface area contributed by atoms with Crippen molar-refractivity contribution in [1.82, 2.24) is 9.80 Å². The van der Waals surface area contributed by atoms with E-state index in [1.165, 1.54) is 0 Å². The Kier molecular flexibility index (Phi) is 2.88. The molecule has 0 aromatic heterocycles. The lowest BCUT2D eigenvalue weighted by Gasteiger charge is -2.43. The van der Waals surface area contributed by atoms with Crippen molar-refractivity contribution >= 4 is 5.78 Å². The third-order valence-corrected chi connectivity index (χ3v) is 3.58. The van der Waals surface area contributed by atoms with Crippen LogP contribution in [-0.4, -0.2) is 55.4 Å². The molecule has 1 unspecified atom stereocenters. The van der Waals surface area contributed by atoms with Crippen molar-refractivity contribution in [3.8, 4) is 0 Å². The summed E-state index contributed by atoms with van der Waals surface area (Å²) in [6.45, 7) is 3.32. The van der Waals surface area contributed by atoms with Crippen LogP contribution < -0.4 is 0 Å². The molecule has 0 aromatic carbocycles. The van der Waals surface area contributed by atoms with Crippen molar-refractivity contribution < 1.29 is 4.79 Å². The number of rotatable bonds is 3. The molecule has 1 aliphatic carbocycles. The first-order valence-corrected chi connectivity index (χ1v) is 5.58. The molecule has 80 valence electrons. The predicted octanol–water partition coefficient (Wildman–Crippen LogP) is 0.601. The van der Waals surface area contributed by atoms with Gasteiger partial charge < -0.3 is 4.90 Å². The molecule has 1 heterocycles. The standard InChI is InChI=1S/C11H20N2O/c1-12(2)10-7-13(8-10)6-9-4-3-5-11(9)14/h9-10H,3-8H2,1-2H3. The summed E-state index contributed by atoms with van der Waals surface area (Å²) in [5.41, 5.74) is 0. The second kappa shape index (κ2) is 3.99. The smallest absolute Gasteiger partial charge is 0.137 e. The van der Waals surface area contributed by atoms with Gasteiger partial charge in [0.05, 0.1) is 0 Å². The first-order valence-electron chi connectivity index (χ1n) is 5.58. The van der Waals surface area contributed by atoms with Crippen LogP contribution in [0.2, 0.25) is 0 Å². The molecule has 2 rings (SSSR count). The van der Waals surface area contributed by atoms with E-state index in [4.69, 9.17) is 0 Å². The zero-order chi connectivity index (χ0) is 10.1. The highest BCUT2D eigenvalue weighted by atomic mass is 16.1. The fraction of sp³-hybridized carbons (Fsp3) is 0.909. The molecular weight excluding hydrogens is 176 g/mol. The highest BCUT2D eigenvalue weighted by Gasteiger charge is 2.33. The maximum Gasteiger partial charge on any atom is 0.137 e. The molecule has 0 radical (unpaired) electrons. The van der Waals surface area contributed by atoms with E-state index >= 15 is 0 Å². The average Bonchev–Trinajstić information content (AvgIpc) is 2.42. The van der Waals surface area contributed by atoms with Gasteiger partial charge in [0.1, 0.15) is 5.78 Å².